The smallest absolute Gasteiger partial charge is 0.247 e. The van der Waals surface area contributed by atoms with Crippen LogP contribution in [0.15, 0.2) is 70.6 Å². The highest BCUT2D eigenvalue weighted by atomic mass is 35.5. The Morgan fingerprint density at radius 1 is 1.30 bits per heavy atom. The molecule has 13 heteroatoms. The summed E-state index contributed by atoms with van der Waals surface area (Å²) < 4.78 is 48.2. The first kappa shape index (κ1) is 29.1. The van der Waals surface area contributed by atoms with E-state index in [-0.39, 0.29) is 29.1 Å². The molecule has 2 aromatic carbocycles. The monoisotopic (exact) mass is 585 g/mol. The van der Waals surface area contributed by atoms with Crippen molar-refractivity contribution in [3.63, 3.8) is 0 Å². The van der Waals surface area contributed by atoms with Gasteiger partial charge in [-0.15, -0.1) is 0 Å². The molecule has 4 rings (SSSR count). The average Bonchev–Trinajstić information content (AvgIpc) is 2.94. The summed E-state index contributed by atoms with van der Waals surface area (Å²) in [4.78, 5) is 17.2. The number of benzene rings is 2. The molecule has 1 atom stereocenters. The number of rotatable bonds is 11. The summed E-state index contributed by atoms with van der Waals surface area (Å²) in [6.45, 7) is 7.08. The summed E-state index contributed by atoms with van der Waals surface area (Å²) in [6, 6.07) is 12.1. The van der Waals surface area contributed by atoms with Crippen molar-refractivity contribution in [2.45, 2.75) is 31.6 Å². The minimum atomic E-state index is -3.94. The number of ether oxygens (including phenoxy) is 1. The van der Waals surface area contributed by atoms with Crippen molar-refractivity contribution >= 4 is 51.9 Å². The van der Waals surface area contributed by atoms with Gasteiger partial charge in [-0.25, -0.2) is 27.8 Å². The van der Waals surface area contributed by atoms with Gasteiger partial charge in [-0.3, -0.25) is 9.71 Å². The Labute approximate surface area is 237 Å². The van der Waals surface area contributed by atoms with Crippen LogP contribution in [0.5, 0.6) is 5.75 Å². The van der Waals surface area contributed by atoms with Gasteiger partial charge in [0.2, 0.25) is 21.9 Å². The fourth-order valence-electron chi connectivity index (χ4n) is 4.01. The van der Waals surface area contributed by atoms with E-state index in [1.54, 1.807) is 49.7 Å². The van der Waals surface area contributed by atoms with Crippen LogP contribution in [0.25, 0.3) is 5.70 Å². The molecular weight excluding hydrogens is 557 g/mol. The van der Waals surface area contributed by atoms with E-state index in [2.05, 4.69) is 42.0 Å². The molecule has 2 heterocycles. The van der Waals surface area contributed by atoms with Crippen molar-refractivity contribution in [2.24, 2.45) is 9.98 Å². The van der Waals surface area contributed by atoms with Gasteiger partial charge in [0.15, 0.2) is 11.5 Å². The lowest BCUT2D eigenvalue weighted by molar-refractivity contribution is 0.420. The van der Waals surface area contributed by atoms with Crippen LogP contribution in [-0.2, 0) is 15.8 Å². The molecule has 0 unspecified atom stereocenters. The van der Waals surface area contributed by atoms with Gasteiger partial charge in [-0.2, -0.15) is 0 Å². The number of piperidine rings is 1. The van der Waals surface area contributed by atoms with Gasteiger partial charge in [0.1, 0.15) is 5.75 Å². The van der Waals surface area contributed by atoms with Crippen LogP contribution in [-0.4, -0.2) is 50.4 Å². The van der Waals surface area contributed by atoms with E-state index >= 15 is 0 Å². The molecule has 3 aromatic rings. The molecule has 1 aliphatic rings. The second kappa shape index (κ2) is 13.5. The Morgan fingerprint density at radius 2 is 2.12 bits per heavy atom. The van der Waals surface area contributed by atoms with Crippen LogP contribution in [0.1, 0.15) is 31.0 Å². The van der Waals surface area contributed by atoms with Gasteiger partial charge >= 0.3 is 0 Å². The van der Waals surface area contributed by atoms with Crippen molar-refractivity contribution in [3.05, 3.63) is 82.7 Å². The minimum absolute atomic E-state index is 0.0199. The largest absolute Gasteiger partial charge is 0.437 e. The molecule has 0 amide bonds. The molecule has 0 radical (unpaired) electrons. The zero-order chi connectivity index (χ0) is 28.5. The summed E-state index contributed by atoms with van der Waals surface area (Å²) >= 11 is 6.07. The summed E-state index contributed by atoms with van der Waals surface area (Å²) in [6.07, 6.45) is 5.19. The minimum Gasteiger partial charge on any atom is -0.437 e. The first-order valence-corrected chi connectivity index (χ1v) is 14.5. The molecule has 10 nitrogen and oxygen atoms in total. The maximum atomic E-state index is 14.9. The molecule has 1 aliphatic heterocycles. The third-order valence-electron chi connectivity index (χ3n) is 5.86. The molecule has 210 valence electrons. The molecule has 40 heavy (non-hydrogen) atoms. The van der Waals surface area contributed by atoms with E-state index in [9.17, 15) is 12.8 Å². The average molecular weight is 586 g/mol. The van der Waals surface area contributed by atoms with E-state index in [1.807, 2.05) is 0 Å². The third kappa shape index (κ3) is 7.84. The first-order valence-electron chi connectivity index (χ1n) is 12.5. The van der Waals surface area contributed by atoms with E-state index in [1.165, 1.54) is 12.1 Å². The molecule has 0 spiro atoms. The SMILES string of the molecule is C=N/C(Oc1ccc(NS(=O)(=O)Cc2ccccc2Cl)c(F)c1)=C(\N=C/C)c1ccnc(N[C@H]2CCCNC2)n1. The standard InChI is InChI=1S/C27H29ClFN7O3S/c1-3-32-25(24-12-14-33-27(35-24)34-19-8-6-13-31-16-19)26(30-2)39-20-10-11-23(22(29)15-20)36-40(37,38)17-18-7-4-5-9-21(18)28/h3-5,7,9-12,14-15,19,31,36H,2,6,8,13,16-17H2,1H3,(H,33,34,35)/b26-25+,32-3-/t19-/m0/s1. The number of aliphatic imine (C=N–C) groups is 2. The van der Waals surface area contributed by atoms with E-state index in [4.69, 9.17) is 16.3 Å². The lowest BCUT2D eigenvalue weighted by Crippen LogP contribution is -2.38. The first-order chi connectivity index (χ1) is 19.3. The molecule has 1 aromatic heterocycles. The van der Waals surface area contributed by atoms with Crippen LogP contribution in [0, 0.1) is 5.82 Å². The Hall–Kier alpha value is -3.87. The predicted octanol–water partition coefficient (Wildman–Crippen LogP) is 4.87. The van der Waals surface area contributed by atoms with Crippen LogP contribution in [0.2, 0.25) is 5.02 Å². The highest BCUT2D eigenvalue weighted by Crippen LogP contribution is 2.28. The van der Waals surface area contributed by atoms with Crippen molar-refractivity contribution < 1.29 is 17.5 Å². The molecule has 0 saturated carbocycles. The highest BCUT2D eigenvalue weighted by molar-refractivity contribution is 7.91. The number of halogens is 2. The fourth-order valence-corrected chi connectivity index (χ4v) is 5.53. The second-order valence-corrected chi connectivity index (χ2v) is 11.0. The topological polar surface area (TPSA) is 130 Å². The number of hydrogen-bond donors (Lipinski definition) is 3. The second-order valence-electron chi connectivity index (χ2n) is 8.85. The van der Waals surface area contributed by atoms with Gasteiger partial charge < -0.3 is 15.4 Å². The molecule has 1 fully saturated rings. The van der Waals surface area contributed by atoms with Crippen molar-refractivity contribution in [2.75, 3.05) is 23.1 Å². The van der Waals surface area contributed by atoms with Gasteiger partial charge in [-0.1, -0.05) is 29.8 Å². The number of nitrogens with one attached hydrogen (secondary N) is 3. The van der Waals surface area contributed by atoms with Crippen LogP contribution in [0.4, 0.5) is 16.0 Å². The molecule has 1 saturated heterocycles. The fraction of sp³-hybridized carbons (Fsp3) is 0.259. The Kier molecular flexibility index (Phi) is 9.80. The normalized spacial score (nSPS) is 16.3. The highest BCUT2D eigenvalue weighted by Gasteiger charge is 2.19. The van der Waals surface area contributed by atoms with Gasteiger partial charge in [0, 0.05) is 36.1 Å². The van der Waals surface area contributed by atoms with Gasteiger partial charge in [-0.05, 0) is 62.9 Å². The number of hydrogen-bond acceptors (Lipinski definition) is 9. The van der Waals surface area contributed by atoms with Gasteiger partial charge in [0.25, 0.3) is 0 Å². The third-order valence-corrected chi connectivity index (χ3v) is 7.45. The van der Waals surface area contributed by atoms with E-state index in [0.717, 1.165) is 32.0 Å². The maximum absolute atomic E-state index is 14.9. The van der Waals surface area contributed by atoms with Crippen molar-refractivity contribution in [1.29, 1.82) is 0 Å². The summed E-state index contributed by atoms with van der Waals surface area (Å²) in [7, 11) is -3.94. The quantitative estimate of drug-likeness (QED) is 0.216. The number of anilines is 2. The zero-order valence-electron chi connectivity index (χ0n) is 21.8. The molecule has 0 bridgehead atoms. The lowest BCUT2D eigenvalue weighted by Gasteiger charge is -2.23. The van der Waals surface area contributed by atoms with E-state index in [0.29, 0.717) is 22.2 Å². The lowest BCUT2D eigenvalue weighted by atomic mass is 10.1. The molecular formula is C27H29ClFN7O3S. The van der Waals surface area contributed by atoms with Crippen molar-refractivity contribution in [3.8, 4) is 5.75 Å². The van der Waals surface area contributed by atoms with Crippen LogP contribution >= 0.6 is 11.6 Å². The van der Waals surface area contributed by atoms with Crippen molar-refractivity contribution in [1.82, 2.24) is 15.3 Å². The van der Waals surface area contributed by atoms with Crippen LogP contribution in [0.3, 0.4) is 0 Å². The number of sulfonamides is 1. The zero-order valence-corrected chi connectivity index (χ0v) is 23.3. The number of nitrogens with zero attached hydrogens (tertiary/aromatic N) is 4. The molecule has 3 N–H and O–H groups in total. The Morgan fingerprint density at radius 3 is 2.83 bits per heavy atom. The summed E-state index contributed by atoms with van der Waals surface area (Å²) in [5.41, 5.74) is 0.833. The predicted molar refractivity (Wildman–Crippen MR) is 157 cm³/mol. The maximum Gasteiger partial charge on any atom is 0.247 e. The summed E-state index contributed by atoms with van der Waals surface area (Å²) in [5.74, 6) is -0.799. The van der Waals surface area contributed by atoms with Crippen LogP contribution < -0.4 is 20.1 Å². The number of aromatic nitrogens is 2. The molecule has 0 aliphatic carbocycles. The Bertz CT molecular complexity index is 1530. The van der Waals surface area contributed by atoms with Gasteiger partial charge in [0.05, 0.1) is 17.1 Å². The van der Waals surface area contributed by atoms with E-state index < -0.39 is 21.6 Å². The summed E-state index contributed by atoms with van der Waals surface area (Å²) in [5, 5.41) is 6.95. The Balaban J connectivity index is 1.54.